The van der Waals surface area contributed by atoms with E-state index in [-0.39, 0.29) is 4.90 Å². The van der Waals surface area contributed by atoms with E-state index in [4.69, 9.17) is 0 Å². The first-order valence-corrected chi connectivity index (χ1v) is 8.60. The average Bonchev–Trinajstić information content (AvgIpc) is 2.48. The van der Waals surface area contributed by atoms with Gasteiger partial charge in [0.05, 0.1) is 11.0 Å². The van der Waals surface area contributed by atoms with Crippen molar-refractivity contribution in [2.45, 2.75) is 49.5 Å². The Hall–Kier alpha value is -1.45. The molecule has 1 aliphatic carbocycles. The predicted molar refractivity (Wildman–Crippen MR) is 77.3 cm³/mol. The van der Waals surface area contributed by atoms with Gasteiger partial charge in [0.2, 0.25) is 10.0 Å². The van der Waals surface area contributed by atoms with E-state index in [1.807, 2.05) is 0 Å². The van der Waals surface area contributed by atoms with Gasteiger partial charge in [0.1, 0.15) is 11.4 Å². The van der Waals surface area contributed by atoms with Gasteiger partial charge in [-0.05, 0) is 55.9 Å². The molecule has 21 heavy (non-hydrogen) atoms. The Morgan fingerprint density at radius 3 is 2.38 bits per heavy atom. The van der Waals surface area contributed by atoms with Crippen molar-refractivity contribution in [2.24, 2.45) is 5.92 Å². The molecule has 0 bridgehead atoms. The molecule has 1 aliphatic rings. The highest BCUT2D eigenvalue weighted by atomic mass is 32.2. The molecule has 1 saturated carbocycles. The van der Waals surface area contributed by atoms with Crippen molar-refractivity contribution in [1.29, 1.82) is 5.26 Å². The summed E-state index contributed by atoms with van der Waals surface area (Å²) < 4.78 is 40.1. The van der Waals surface area contributed by atoms with Gasteiger partial charge in [0.25, 0.3) is 0 Å². The fraction of sp³-hybridized carbons (Fsp3) is 0.533. The molecule has 114 valence electrons. The molecule has 0 heterocycles. The number of nitrogens with zero attached hydrogens (tertiary/aromatic N) is 1. The summed E-state index contributed by atoms with van der Waals surface area (Å²) in [6.07, 6.45) is 3.77. The molecule has 0 spiro atoms. The highest BCUT2D eigenvalue weighted by Crippen LogP contribution is 2.34. The molecule has 2 rings (SSSR count). The Bertz CT molecular complexity index is 627. The van der Waals surface area contributed by atoms with Crippen LogP contribution in [0.5, 0.6) is 0 Å². The number of sulfonamides is 1. The van der Waals surface area contributed by atoms with Crippen LogP contribution < -0.4 is 4.72 Å². The second kappa shape index (κ2) is 6.12. The van der Waals surface area contributed by atoms with Crippen molar-refractivity contribution >= 4 is 10.0 Å². The maximum Gasteiger partial charge on any atom is 0.241 e. The average molecular weight is 310 g/mol. The maximum atomic E-state index is 12.9. The quantitative estimate of drug-likeness (QED) is 0.929. The fourth-order valence-corrected chi connectivity index (χ4v) is 4.12. The van der Waals surface area contributed by atoms with Gasteiger partial charge in [-0.2, -0.15) is 9.98 Å². The first kappa shape index (κ1) is 15.9. The molecule has 1 aromatic carbocycles. The third-order valence-corrected chi connectivity index (χ3v) is 5.76. The Morgan fingerprint density at radius 1 is 1.33 bits per heavy atom. The van der Waals surface area contributed by atoms with Gasteiger partial charge in [-0.15, -0.1) is 0 Å². The maximum absolute atomic E-state index is 12.9. The zero-order valence-corrected chi connectivity index (χ0v) is 12.8. The molecular formula is C15H19FN2O2S. The van der Waals surface area contributed by atoms with E-state index in [9.17, 15) is 18.1 Å². The summed E-state index contributed by atoms with van der Waals surface area (Å²) in [6, 6.07) is 6.75. The van der Waals surface area contributed by atoms with Crippen LogP contribution in [0, 0.1) is 23.1 Å². The second-order valence-electron chi connectivity index (χ2n) is 5.60. The van der Waals surface area contributed by atoms with Crippen LogP contribution in [0.4, 0.5) is 4.39 Å². The third kappa shape index (κ3) is 3.60. The van der Waals surface area contributed by atoms with Crippen LogP contribution in [0.2, 0.25) is 0 Å². The summed E-state index contributed by atoms with van der Waals surface area (Å²) in [7, 11) is -3.81. The molecule has 0 atom stereocenters. The van der Waals surface area contributed by atoms with E-state index in [2.05, 4.69) is 17.7 Å². The largest absolute Gasteiger partial charge is 0.241 e. The number of nitrogens with one attached hydrogen (secondary N) is 1. The number of halogens is 1. The molecule has 1 fully saturated rings. The minimum absolute atomic E-state index is 0.0175. The van der Waals surface area contributed by atoms with E-state index >= 15 is 0 Å². The van der Waals surface area contributed by atoms with Crippen molar-refractivity contribution < 1.29 is 12.8 Å². The molecular weight excluding hydrogens is 291 g/mol. The molecule has 4 nitrogen and oxygen atoms in total. The predicted octanol–water partition coefficient (Wildman–Crippen LogP) is 2.97. The molecule has 0 amide bonds. The van der Waals surface area contributed by atoms with Gasteiger partial charge in [-0.3, -0.25) is 0 Å². The second-order valence-corrected chi connectivity index (χ2v) is 7.29. The summed E-state index contributed by atoms with van der Waals surface area (Å²) in [4.78, 5) is -0.0175. The van der Waals surface area contributed by atoms with Crippen LogP contribution in [0.3, 0.4) is 0 Å². The van der Waals surface area contributed by atoms with Gasteiger partial charge in [-0.1, -0.05) is 13.3 Å². The topological polar surface area (TPSA) is 70.0 Å². The van der Waals surface area contributed by atoms with E-state index in [1.54, 1.807) is 0 Å². The summed E-state index contributed by atoms with van der Waals surface area (Å²) in [5.74, 6) is 0.0641. The van der Waals surface area contributed by atoms with Crippen LogP contribution in [-0.2, 0) is 10.0 Å². The number of benzene rings is 1. The van der Waals surface area contributed by atoms with E-state index in [0.717, 1.165) is 31.4 Å². The van der Waals surface area contributed by atoms with E-state index in [0.29, 0.717) is 18.8 Å². The van der Waals surface area contributed by atoms with Crippen molar-refractivity contribution in [2.75, 3.05) is 0 Å². The van der Waals surface area contributed by atoms with Gasteiger partial charge < -0.3 is 0 Å². The lowest BCUT2D eigenvalue weighted by molar-refractivity contribution is 0.259. The van der Waals surface area contributed by atoms with Crippen molar-refractivity contribution in [3.05, 3.63) is 30.1 Å². The minimum atomic E-state index is -3.81. The number of nitriles is 1. The third-order valence-electron chi connectivity index (χ3n) is 4.20. The minimum Gasteiger partial charge on any atom is -0.207 e. The van der Waals surface area contributed by atoms with Crippen LogP contribution in [0.1, 0.15) is 39.0 Å². The Kier molecular flexibility index (Phi) is 4.64. The Morgan fingerprint density at radius 2 is 1.90 bits per heavy atom. The lowest BCUT2D eigenvalue weighted by Gasteiger charge is -2.34. The van der Waals surface area contributed by atoms with Crippen molar-refractivity contribution in [3.8, 4) is 6.07 Å². The van der Waals surface area contributed by atoms with Gasteiger partial charge in [-0.25, -0.2) is 12.8 Å². The number of hydrogen-bond donors (Lipinski definition) is 1. The summed E-state index contributed by atoms with van der Waals surface area (Å²) in [6.45, 7) is 2.10. The van der Waals surface area contributed by atoms with Crippen LogP contribution in [0.15, 0.2) is 29.2 Å². The first-order chi connectivity index (χ1) is 9.91. The van der Waals surface area contributed by atoms with Crippen molar-refractivity contribution in [1.82, 2.24) is 4.72 Å². The highest BCUT2D eigenvalue weighted by molar-refractivity contribution is 7.89. The summed E-state index contributed by atoms with van der Waals surface area (Å²) in [5.41, 5.74) is -1.04. The molecule has 6 heteroatoms. The van der Waals surface area contributed by atoms with E-state index in [1.165, 1.54) is 12.1 Å². The lowest BCUT2D eigenvalue weighted by Crippen LogP contribution is -2.49. The van der Waals surface area contributed by atoms with Gasteiger partial charge >= 0.3 is 0 Å². The first-order valence-electron chi connectivity index (χ1n) is 7.11. The monoisotopic (exact) mass is 310 g/mol. The van der Waals surface area contributed by atoms with Gasteiger partial charge in [0.15, 0.2) is 0 Å². The van der Waals surface area contributed by atoms with E-state index < -0.39 is 21.4 Å². The Labute approximate surface area is 125 Å². The molecule has 0 radical (unpaired) electrons. The van der Waals surface area contributed by atoms with Crippen LogP contribution in [0.25, 0.3) is 0 Å². The van der Waals surface area contributed by atoms with Crippen LogP contribution in [-0.4, -0.2) is 14.0 Å². The molecule has 0 saturated heterocycles. The zero-order valence-electron chi connectivity index (χ0n) is 12.0. The van der Waals surface area contributed by atoms with Gasteiger partial charge in [0, 0.05) is 0 Å². The summed E-state index contributed by atoms with van der Waals surface area (Å²) in [5, 5.41) is 9.42. The SMILES string of the molecule is CCC1CCC(C#N)(NS(=O)(=O)c2ccc(F)cc2)CC1. The number of rotatable bonds is 4. The van der Waals surface area contributed by atoms with Crippen LogP contribution >= 0.6 is 0 Å². The molecule has 1 N–H and O–H groups in total. The standard InChI is InChI=1S/C15H19FN2O2S/c1-2-12-7-9-15(11-17,10-8-12)18-21(19,20)14-5-3-13(16)4-6-14/h3-6,12,18H,2,7-10H2,1H3. The molecule has 0 aliphatic heterocycles. The Balaban J connectivity index is 2.18. The normalized spacial score (nSPS) is 26.2. The highest BCUT2D eigenvalue weighted by Gasteiger charge is 2.38. The fourth-order valence-electron chi connectivity index (χ4n) is 2.75. The summed E-state index contributed by atoms with van der Waals surface area (Å²) >= 11 is 0. The number of hydrogen-bond acceptors (Lipinski definition) is 3. The lowest BCUT2D eigenvalue weighted by atomic mass is 9.77. The smallest absolute Gasteiger partial charge is 0.207 e. The molecule has 0 unspecified atom stereocenters. The zero-order chi connectivity index (χ0) is 15.5. The molecule has 1 aromatic rings. The molecule has 0 aromatic heterocycles. The van der Waals surface area contributed by atoms with Crippen molar-refractivity contribution in [3.63, 3.8) is 0 Å².